The summed E-state index contributed by atoms with van der Waals surface area (Å²) in [6.07, 6.45) is 3.36. The minimum Gasteiger partial charge on any atom is -0.507 e. The van der Waals surface area contributed by atoms with Crippen molar-refractivity contribution in [1.29, 1.82) is 0 Å². The van der Waals surface area contributed by atoms with E-state index in [-0.39, 0.29) is 41.2 Å². The molecule has 0 aromatic heterocycles. The number of aryl methyl sites for hydroxylation is 1. The number of aliphatic hydroxyl groups is 1. The van der Waals surface area contributed by atoms with E-state index < -0.39 is 21.7 Å². The Hall–Kier alpha value is -3.60. The van der Waals surface area contributed by atoms with Crippen LogP contribution in [0.2, 0.25) is 0 Å². The molecule has 1 amide bonds. The number of phenolic OH excluding ortho intramolecular Hbond substituents is 1. The third-order valence-electron chi connectivity index (χ3n) is 6.61. The van der Waals surface area contributed by atoms with Crippen LogP contribution in [0.15, 0.2) is 65.6 Å². The summed E-state index contributed by atoms with van der Waals surface area (Å²) < 4.78 is 29.8. The Morgan fingerprint density at radius 3 is 2.63 bits per heavy atom. The average molecular weight is 540 g/mol. The highest BCUT2D eigenvalue weighted by molar-refractivity contribution is 7.91. The Bertz CT molecular complexity index is 1400. The maximum absolute atomic E-state index is 12.2. The lowest BCUT2D eigenvalue weighted by Gasteiger charge is -2.21. The number of nitrogens with one attached hydrogen (secondary N) is 2. The third-order valence-corrected chi connectivity index (χ3v) is 7.78. The number of carbonyl (C=O) groups excluding carboxylic acids is 1. The second-order valence-corrected chi connectivity index (χ2v) is 11.5. The normalized spacial score (nSPS) is 16.2. The number of hydrogen-bond acceptors (Lipinski definition) is 8. The Kier molecular flexibility index (Phi) is 8.55. The van der Waals surface area contributed by atoms with Gasteiger partial charge < -0.3 is 31.3 Å². The lowest BCUT2D eigenvalue weighted by atomic mass is 10.0. The van der Waals surface area contributed by atoms with Gasteiger partial charge in [-0.25, -0.2) is 8.42 Å². The average Bonchev–Trinajstić information content (AvgIpc) is 3.07. The quantitative estimate of drug-likeness (QED) is 0.206. The molecule has 0 bridgehead atoms. The SMILES string of the molecule is CS(=O)(=O)c1c(O)ccc([C@@H](O)CNC2CCCc3ccc(OCC(=O)Nc4ccccc4)cc3C2)c1N. The third kappa shape index (κ3) is 6.83. The number of carbonyl (C=O) groups is 1. The van der Waals surface area contributed by atoms with Crippen molar-refractivity contribution in [2.75, 3.05) is 30.5 Å². The standard InChI is InChI=1S/C28H33N3O6S/c1-38(35,36)28-24(32)13-12-23(27(28)29)25(33)16-30-21-9-5-6-18-10-11-22(15-19(18)14-21)37-17-26(34)31-20-7-3-2-4-8-20/h2-4,7-8,10-13,15,21,25,30,32-33H,5-6,9,14,16-17,29H2,1H3,(H,31,34)/t21?,25-/m0/s1. The fraction of sp³-hybridized carbons (Fsp3) is 0.321. The smallest absolute Gasteiger partial charge is 0.262 e. The van der Waals surface area contributed by atoms with Crippen molar-refractivity contribution in [1.82, 2.24) is 5.32 Å². The molecular formula is C28H33N3O6S. The van der Waals surface area contributed by atoms with Crippen LogP contribution in [0.3, 0.4) is 0 Å². The number of sulfone groups is 1. The minimum atomic E-state index is -3.77. The second kappa shape index (κ2) is 11.8. The van der Waals surface area contributed by atoms with Gasteiger partial charge >= 0.3 is 0 Å². The van der Waals surface area contributed by atoms with Gasteiger partial charge in [0, 0.05) is 30.1 Å². The predicted molar refractivity (Wildman–Crippen MR) is 146 cm³/mol. The number of rotatable bonds is 9. The van der Waals surface area contributed by atoms with Crippen molar-refractivity contribution < 1.29 is 28.2 Å². The number of hydrogen-bond donors (Lipinski definition) is 5. The Labute approximate surface area is 222 Å². The van der Waals surface area contributed by atoms with Crippen LogP contribution in [-0.4, -0.2) is 50.0 Å². The van der Waals surface area contributed by atoms with Crippen molar-refractivity contribution in [2.45, 2.75) is 42.7 Å². The van der Waals surface area contributed by atoms with Gasteiger partial charge in [0.2, 0.25) is 0 Å². The molecule has 10 heteroatoms. The molecule has 1 unspecified atom stereocenters. The number of nitrogen functional groups attached to an aromatic ring is 1. The Balaban J connectivity index is 1.37. The number of para-hydroxylation sites is 1. The van der Waals surface area contributed by atoms with E-state index in [4.69, 9.17) is 10.5 Å². The molecule has 202 valence electrons. The van der Waals surface area contributed by atoms with Gasteiger partial charge in [0.25, 0.3) is 5.91 Å². The van der Waals surface area contributed by atoms with E-state index in [1.165, 1.54) is 17.7 Å². The number of aromatic hydroxyl groups is 1. The molecule has 3 aromatic carbocycles. The number of fused-ring (bicyclic) bond motifs is 1. The zero-order valence-corrected chi connectivity index (χ0v) is 22.0. The Morgan fingerprint density at radius 2 is 1.89 bits per heavy atom. The molecule has 0 fully saturated rings. The summed E-state index contributed by atoms with van der Waals surface area (Å²) in [6, 6.07) is 17.8. The van der Waals surface area contributed by atoms with Crippen LogP contribution < -0.4 is 21.1 Å². The van der Waals surface area contributed by atoms with Crippen molar-refractivity contribution in [3.8, 4) is 11.5 Å². The summed E-state index contributed by atoms with van der Waals surface area (Å²) in [5, 5.41) is 26.9. The van der Waals surface area contributed by atoms with E-state index >= 15 is 0 Å². The number of benzene rings is 3. The van der Waals surface area contributed by atoms with Crippen molar-refractivity contribution in [3.63, 3.8) is 0 Å². The number of anilines is 2. The van der Waals surface area contributed by atoms with Crippen molar-refractivity contribution >= 4 is 27.1 Å². The van der Waals surface area contributed by atoms with E-state index in [9.17, 15) is 23.4 Å². The number of nitrogens with two attached hydrogens (primary N) is 1. The molecular weight excluding hydrogens is 506 g/mol. The van der Waals surface area contributed by atoms with E-state index in [2.05, 4.69) is 10.6 Å². The molecule has 1 aliphatic carbocycles. The van der Waals surface area contributed by atoms with Gasteiger partial charge in [0.1, 0.15) is 16.4 Å². The van der Waals surface area contributed by atoms with Gasteiger partial charge in [-0.3, -0.25) is 4.79 Å². The molecule has 38 heavy (non-hydrogen) atoms. The van der Waals surface area contributed by atoms with Gasteiger partial charge in [-0.15, -0.1) is 0 Å². The summed E-state index contributed by atoms with van der Waals surface area (Å²) in [6.45, 7) is 0.0547. The number of aliphatic hydroxyl groups excluding tert-OH is 1. The highest BCUT2D eigenvalue weighted by Crippen LogP contribution is 2.34. The topological polar surface area (TPSA) is 151 Å². The molecule has 0 saturated carbocycles. The highest BCUT2D eigenvalue weighted by Gasteiger charge is 2.24. The first-order valence-electron chi connectivity index (χ1n) is 12.4. The van der Waals surface area contributed by atoms with Crippen LogP contribution in [0.4, 0.5) is 11.4 Å². The van der Waals surface area contributed by atoms with Crippen LogP contribution in [-0.2, 0) is 27.5 Å². The molecule has 0 radical (unpaired) electrons. The first-order chi connectivity index (χ1) is 18.1. The first kappa shape index (κ1) is 27.4. The monoisotopic (exact) mass is 539 g/mol. The van der Waals surface area contributed by atoms with Crippen LogP contribution in [0.1, 0.15) is 35.6 Å². The van der Waals surface area contributed by atoms with E-state index in [1.807, 2.05) is 48.5 Å². The van der Waals surface area contributed by atoms with Crippen LogP contribution >= 0.6 is 0 Å². The van der Waals surface area contributed by atoms with Crippen LogP contribution in [0, 0.1) is 0 Å². The van der Waals surface area contributed by atoms with E-state index in [0.717, 1.165) is 31.1 Å². The Morgan fingerprint density at radius 1 is 1.13 bits per heavy atom. The van der Waals surface area contributed by atoms with Gasteiger partial charge in [-0.2, -0.15) is 0 Å². The highest BCUT2D eigenvalue weighted by atomic mass is 32.2. The minimum absolute atomic E-state index is 0.0650. The van der Waals surface area contributed by atoms with Gasteiger partial charge in [-0.1, -0.05) is 30.3 Å². The number of ether oxygens (including phenoxy) is 1. The summed E-state index contributed by atoms with van der Waals surface area (Å²) in [7, 11) is -3.77. The molecule has 0 spiro atoms. The van der Waals surface area contributed by atoms with E-state index in [0.29, 0.717) is 17.9 Å². The molecule has 1 aliphatic rings. The molecule has 0 aliphatic heterocycles. The molecule has 9 nitrogen and oxygen atoms in total. The molecule has 3 aromatic rings. The molecule has 6 N–H and O–H groups in total. The number of amides is 1. The summed E-state index contributed by atoms with van der Waals surface area (Å²) in [5.41, 5.74) is 9.14. The lowest BCUT2D eigenvalue weighted by molar-refractivity contribution is -0.118. The lowest BCUT2D eigenvalue weighted by Crippen LogP contribution is -2.34. The van der Waals surface area contributed by atoms with Crippen LogP contribution in [0.25, 0.3) is 0 Å². The fourth-order valence-corrected chi connectivity index (χ4v) is 5.71. The zero-order valence-electron chi connectivity index (χ0n) is 21.2. The largest absolute Gasteiger partial charge is 0.507 e. The van der Waals surface area contributed by atoms with Gasteiger partial charge in [0.05, 0.1) is 11.8 Å². The molecule has 0 saturated heterocycles. The zero-order chi connectivity index (χ0) is 27.3. The molecule has 0 heterocycles. The first-order valence-corrected chi connectivity index (χ1v) is 14.3. The predicted octanol–water partition coefficient (Wildman–Crippen LogP) is 2.97. The van der Waals surface area contributed by atoms with E-state index in [1.54, 1.807) is 0 Å². The maximum Gasteiger partial charge on any atom is 0.262 e. The fourth-order valence-electron chi connectivity index (χ4n) is 4.75. The summed E-state index contributed by atoms with van der Waals surface area (Å²) in [5.74, 6) is -0.0742. The van der Waals surface area contributed by atoms with Gasteiger partial charge in [0.15, 0.2) is 16.4 Å². The van der Waals surface area contributed by atoms with Crippen LogP contribution in [0.5, 0.6) is 11.5 Å². The van der Waals surface area contributed by atoms with Gasteiger partial charge in [-0.05, 0) is 67.1 Å². The van der Waals surface area contributed by atoms with Crippen molar-refractivity contribution in [3.05, 3.63) is 77.4 Å². The summed E-state index contributed by atoms with van der Waals surface area (Å²) in [4.78, 5) is 11.9. The molecule has 2 atom stereocenters. The summed E-state index contributed by atoms with van der Waals surface area (Å²) >= 11 is 0. The number of phenols is 1. The molecule has 4 rings (SSSR count). The van der Waals surface area contributed by atoms with Crippen molar-refractivity contribution in [2.24, 2.45) is 0 Å². The maximum atomic E-state index is 12.2. The second-order valence-electron chi connectivity index (χ2n) is 9.54.